The number of aromatic nitrogens is 2. The minimum Gasteiger partial charge on any atom is -0.490 e. The Bertz CT molecular complexity index is 685. The minimum atomic E-state index is -0.0319. The highest BCUT2D eigenvalue weighted by molar-refractivity contribution is 5.95. The van der Waals surface area contributed by atoms with Gasteiger partial charge in [0.2, 0.25) is 0 Å². The molecule has 0 unspecified atom stereocenters. The van der Waals surface area contributed by atoms with Crippen molar-refractivity contribution < 1.29 is 9.53 Å². The molecule has 0 bridgehead atoms. The van der Waals surface area contributed by atoms with Crippen molar-refractivity contribution in [3.05, 3.63) is 29.7 Å². The molecule has 2 heterocycles. The van der Waals surface area contributed by atoms with Crippen LogP contribution in [0.25, 0.3) is 5.65 Å². The van der Waals surface area contributed by atoms with Gasteiger partial charge in [-0.1, -0.05) is 25.7 Å². The molecule has 0 radical (unpaired) electrons. The summed E-state index contributed by atoms with van der Waals surface area (Å²) < 4.78 is 7.46. The van der Waals surface area contributed by atoms with Gasteiger partial charge in [-0.05, 0) is 38.8 Å². The maximum atomic E-state index is 12.8. The van der Waals surface area contributed by atoms with Crippen LogP contribution in [0.4, 0.5) is 0 Å². The predicted octanol–water partition coefficient (Wildman–Crippen LogP) is 3.49. The number of nitrogens with zero attached hydrogens (tertiary/aromatic N) is 2. The smallest absolute Gasteiger partial charge is 0.270 e. The Hall–Kier alpha value is -2.04. The van der Waals surface area contributed by atoms with Crippen LogP contribution in [0.1, 0.15) is 61.6 Å². The number of pyridine rings is 1. The van der Waals surface area contributed by atoms with Crippen LogP contribution in [0.2, 0.25) is 0 Å². The van der Waals surface area contributed by atoms with Gasteiger partial charge in [-0.2, -0.15) is 0 Å². The summed E-state index contributed by atoms with van der Waals surface area (Å²) in [6, 6.07) is 4.06. The zero-order valence-corrected chi connectivity index (χ0v) is 14.0. The SMILES string of the molecule is CCOc1cccn2c(C(=O)NC3CCCCCC3)c(C)nc12. The highest BCUT2D eigenvalue weighted by atomic mass is 16.5. The number of hydrogen-bond donors (Lipinski definition) is 1. The molecule has 2 aromatic heterocycles. The molecule has 23 heavy (non-hydrogen) atoms. The van der Waals surface area contributed by atoms with Crippen LogP contribution in [0, 0.1) is 6.92 Å². The van der Waals surface area contributed by atoms with Gasteiger partial charge >= 0.3 is 0 Å². The van der Waals surface area contributed by atoms with Crippen LogP contribution in [-0.2, 0) is 0 Å². The number of amides is 1. The number of imidazole rings is 1. The second-order valence-corrected chi connectivity index (χ2v) is 6.21. The van der Waals surface area contributed by atoms with E-state index in [1.54, 1.807) is 0 Å². The van der Waals surface area contributed by atoms with Crippen LogP contribution in [0.5, 0.6) is 5.75 Å². The van der Waals surface area contributed by atoms with E-state index in [4.69, 9.17) is 4.74 Å². The molecule has 0 aliphatic heterocycles. The van der Waals surface area contributed by atoms with E-state index in [0.717, 1.165) is 18.5 Å². The third-order valence-corrected chi connectivity index (χ3v) is 4.49. The number of rotatable bonds is 4. The Morgan fingerprint density at radius 2 is 2.09 bits per heavy atom. The van der Waals surface area contributed by atoms with Gasteiger partial charge in [0.1, 0.15) is 5.69 Å². The van der Waals surface area contributed by atoms with Crippen molar-refractivity contribution in [2.24, 2.45) is 0 Å². The molecule has 2 aromatic rings. The lowest BCUT2D eigenvalue weighted by Crippen LogP contribution is -2.35. The number of aryl methyl sites for hydroxylation is 1. The van der Waals surface area contributed by atoms with E-state index in [-0.39, 0.29) is 11.9 Å². The zero-order chi connectivity index (χ0) is 16.2. The highest BCUT2D eigenvalue weighted by Crippen LogP contribution is 2.23. The zero-order valence-electron chi connectivity index (χ0n) is 14.0. The van der Waals surface area contributed by atoms with Crippen molar-refractivity contribution in [3.8, 4) is 5.75 Å². The van der Waals surface area contributed by atoms with Gasteiger partial charge in [0.25, 0.3) is 5.91 Å². The molecule has 1 saturated carbocycles. The van der Waals surface area contributed by atoms with E-state index in [9.17, 15) is 4.79 Å². The van der Waals surface area contributed by atoms with Gasteiger partial charge in [-0.15, -0.1) is 0 Å². The Balaban J connectivity index is 1.88. The lowest BCUT2D eigenvalue weighted by atomic mass is 10.1. The topological polar surface area (TPSA) is 55.6 Å². The maximum Gasteiger partial charge on any atom is 0.270 e. The standard InChI is InChI=1S/C18H25N3O2/c1-3-23-15-11-8-12-21-16(13(2)19-17(15)21)18(22)20-14-9-6-4-5-7-10-14/h8,11-12,14H,3-7,9-10H2,1-2H3,(H,20,22). The minimum absolute atomic E-state index is 0.0319. The summed E-state index contributed by atoms with van der Waals surface area (Å²) in [5.41, 5.74) is 2.06. The third-order valence-electron chi connectivity index (χ3n) is 4.49. The Morgan fingerprint density at radius 1 is 1.35 bits per heavy atom. The van der Waals surface area contributed by atoms with E-state index in [1.165, 1.54) is 25.7 Å². The number of hydrogen-bond acceptors (Lipinski definition) is 3. The molecule has 5 nitrogen and oxygen atoms in total. The predicted molar refractivity (Wildman–Crippen MR) is 90.1 cm³/mol. The van der Waals surface area contributed by atoms with Gasteiger partial charge in [0.05, 0.1) is 12.3 Å². The second kappa shape index (κ2) is 7.02. The van der Waals surface area contributed by atoms with E-state index in [1.807, 2.05) is 36.6 Å². The Labute approximate surface area is 137 Å². The molecule has 0 saturated heterocycles. The monoisotopic (exact) mass is 315 g/mol. The van der Waals surface area contributed by atoms with E-state index >= 15 is 0 Å². The van der Waals surface area contributed by atoms with Gasteiger partial charge in [-0.25, -0.2) is 4.98 Å². The van der Waals surface area contributed by atoms with Crippen LogP contribution in [-0.4, -0.2) is 27.9 Å². The molecule has 5 heteroatoms. The number of fused-ring (bicyclic) bond motifs is 1. The molecule has 3 rings (SSSR count). The number of carbonyl (C=O) groups excluding carboxylic acids is 1. The molecule has 1 aliphatic rings. The van der Waals surface area contributed by atoms with Gasteiger partial charge in [0.15, 0.2) is 11.4 Å². The molecule has 124 valence electrons. The lowest BCUT2D eigenvalue weighted by molar-refractivity contribution is 0.0926. The van der Waals surface area contributed by atoms with Gasteiger partial charge in [0, 0.05) is 12.2 Å². The lowest BCUT2D eigenvalue weighted by Gasteiger charge is -2.16. The van der Waals surface area contributed by atoms with Crippen LogP contribution < -0.4 is 10.1 Å². The normalized spacial score (nSPS) is 16.3. The summed E-state index contributed by atoms with van der Waals surface area (Å²) in [7, 11) is 0. The Kier molecular flexibility index (Phi) is 4.84. The quantitative estimate of drug-likeness (QED) is 0.879. The summed E-state index contributed by atoms with van der Waals surface area (Å²) in [6.45, 7) is 4.40. The fraction of sp³-hybridized carbons (Fsp3) is 0.556. The molecule has 1 N–H and O–H groups in total. The number of nitrogens with one attached hydrogen (secondary N) is 1. The van der Waals surface area contributed by atoms with E-state index < -0.39 is 0 Å². The molecule has 1 fully saturated rings. The summed E-state index contributed by atoms with van der Waals surface area (Å²) in [5, 5.41) is 3.21. The molecule has 1 aliphatic carbocycles. The molecular formula is C18H25N3O2. The third kappa shape index (κ3) is 3.33. The van der Waals surface area contributed by atoms with Gasteiger partial charge < -0.3 is 10.1 Å². The van der Waals surface area contributed by atoms with Crippen molar-refractivity contribution in [3.63, 3.8) is 0 Å². The Morgan fingerprint density at radius 3 is 2.78 bits per heavy atom. The van der Waals surface area contributed by atoms with Crippen molar-refractivity contribution in [2.45, 2.75) is 58.4 Å². The fourth-order valence-electron chi connectivity index (χ4n) is 3.38. The summed E-state index contributed by atoms with van der Waals surface area (Å²) in [4.78, 5) is 17.3. The molecular weight excluding hydrogens is 290 g/mol. The average molecular weight is 315 g/mol. The average Bonchev–Trinajstić information content (AvgIpc) is 2.70. The molecule has 0 spiro atoms. The maximum absolute atomic E-state index is 12.8. The first kappa shape index (κ1) is 15.8. The number of ether oxygens (including phenoxy) is 1. The van der Waals surface area contributed by atoms with Crippen LogP contribution >= 0.6 is 0 Å². The second-order valence-electron chi connectivity index (χ2n) is 6.21. The molecule has 0 aromatic carbocycles. The summed E-state index contributed by atoms with van der Waals surface area (Å²) in [5.74, 6) is 0.683. The first-order valence-electron chi connectivity index (χ1n) is 8.62. The number of carbonyl (C=O) groups is 1. The summed E-state index contributed by atoms with van der Waals surface area (Å²) >= 11 is 0. The highest BCUT2D eigenvalue weighted by Gasteiger charge is 2.21. The molecule has 0 atom stereocenters. The van der Waals surface area contributed by atoms with Crippen molar-refractivity contribution in [1.82, 2.24) is 14.7 Å². The first-order valence-corrected chi connectivity index (χ1v) is 8.62. The van der Waals surface area contributed by atoms with Crippen molar-refractivity contribution in [2.75, 3.05) is 6.61 Å². The van der Waals surface area contributed by atoms with E-state index in [2.05, 4.69) is 10.3 Å². The van der Waals surface area contributed by atoms with Gasteiger partial charge in [-0.3, -0.25) is 9.20 Å². The van der Waals surface area contributed by atoms with E-state index in [0.29, 0.717) is 23.7 Å². The molecule has 1 amide bonds. The first-order chi connectivity index (χ1) is 11.2. The van der Waals surface area contributed by atoms with Crippen molar-refractivity contribution >= 4 is 11.6 Å². The fourth-order valence-corrected chi connectivity index (χ4v) is 3.38. The summed E-state index contributed by atoms with van der Waals surface area (Å²) in [6.07, 6.45) is 8.98. The van der Waals surface area contributed by atoms with Crippen LogP contribution in [0.3, 0.4) is 0 Å². The van der Waals surface area contributed by atoms with Crippen molar-refractivity contribution in [1.29, 1.82) is 0 Å². The van der Waals surface area contributed by atoms with Crippen LogP contribution in [0.15, 0.2) is 18.3 Å². The largest absolute Gasteiger partial charge is 0.490 e.